The summed E-state index contributed by atoms with van der Waals surface area (Å²) < 4.78 is 26.5. The Kier molecular flexibility index (Phi) is 6.30. The van der Waals surface area contributed by atoms with Crippen LogP contribution in [-0.2, 0) is 10.0 Å². The van der Waals surface area contributed by atoms with Crippen molar-refractivity contribution in [2.24, 2.45) is 5.10 Å². The van der Waals surface area contributed by atoms with Crippen LogP contribution in [0.1, 0.15) is 40.9 Å². The number of carbonyl (C=O) groups is 1. The van der Waals surface area contributed by atoms with E-state index in [-0.39, 0.29) is 17.7 Å². The first kappa shape index (κ1) is 22.0. The molecule has 0 bridgehead atoms. The molecule has 0 fully saturated rings. The number of rotatable bonds is 6. The van der Waals surface area contributed by atoms with Gasteiger partial charge in [0.15, 0.2) is 0 Å². The SMILES string of the molecule is CCS(=O)(=O)Nc1cccc(C2=NN(C(=O)c3ccccc3Cl)C(c3ccccc3)C2)c1. The number of amides is 1. The number of anilines is 1. The van der Waals surface area contributed by atoms with Gasteiger partial charge in [0.2, 0.25) is 10.0 Å². The number of nitrogens with one attached hydrogen (secondary N) is 1. The smallest absolute Gasteiger partial charge is 0.276 e. The summed E-state index contributed by atoms with van der Waals surface area (Å²) >= 11 is 6.28. The minimum absolute atomic E-state index is 0.0195. The van der Waals surface area contributed by atoms with E-state index in [1.807, 2.05) is 36.4 Å². The highest BCUT2D eigenvalue weighted by atomic mass is 35.5. The number of hydrogen-bond acceptors (Lipinski definition) is 4. The molecule has 0 aromatic heterocycles. The first-order valence-electron chi connectivity index (χ1n) is 10.2. The minimum Gasteiger partial charge on any atom is -0.284 e. The molecule has 1 heterocycles. The van der Waals surface area contributed by atoms with Crippen LogP contribution in [-0.4, -0.2) is 30.8 Å². The van der Waals surface area contributed by atoms with Crippen LogP contribution in [0.15, 0.2) is 84.0 Å². The molecule has 1 aliphatic rings. The lowest BCUT2D eigenvalue weighted by Gasteiger charge is -2.22. The Morgan fingerprint density at radius 3 is 2.50 bits per heavy atom. The first-order valence-corrected chi connectivity index (χ1v) is 12.2. The lowest BCUT2D eigenvalue weighted by Crippen LogP contribution is -2.27. The molecule has 3 aromatic rings. The second-order valence-electron chi connectivity index (χ2n) is 7.39. The summed E-state index contributed by atoms with van der Waals surface area (Å²) in [6.45, 7) is 1.58. The van der Waals surface area contributed by atoms with Gasteiger partial charge in [0.1, 0.15) is 0 Å². The summed E-state index contributed by atoms with van der Waals surface area (Å²) in [6.07, 6.45) is 0.490. The van der Waals surface area contributed by atoms with Crippen LogP contribution in [0.3, 0.4) is 0 Å². The zero-order chi connectivity index (χ0) is 22.7. The molecule has 0 saturated carbocycles. The summed E-state index contributed by atoms with van der Waals surface area (Å²) in [4.78, 5) is 13.4. The summed E-state index contributed by atoms with van der Waals surface area (Å²) in [5, 5.41) is 6.49. The summed E-state index contributed by atoms with van der Waals surface area (Å²) in [7, 11) is -3.40. The molecule has 0 saturated heterocycles. The van der Waals surface area contributed by atoms with Crippen LogP contribution in [0, 0.1) is 0 Å². The molecule has 3 aromatic carbocycles. The van der Waals surface area contributed by atoms with Crippen molar-refractivity contribution in [1.29, 1.82) is 0 Å². The highest BCUT2D eigenvalue weighted by molar-refractivity contribution is 7.92. The fraction of sp³-hybridized carbons (Fsp3) is 0.167. The number of nitrogens with zero attached hydrogens (tertiary/aromatic N) is 2. The van der Waals surface area contributed by atoms with E-state index >= 15 is 0 Å². The maximum absolute atomic E-state index is 13.4. The zero-order valence-corrected chi connectivity index (χ0v) is 19.0. The van der Waals surface area contributed by atoms with Gasteiger partial charge in [-0.3, -0.25) is 9.52 Å². The molecule has 1 unspecified atom stereocenters. The molecule has 1 aliphatic heterocycles. The number of sulfonamides is 1. The Bertz CT molecular complexity index is 1280. The molecular formula is C24H22ClN3O3S. The quantitative estimate of drug-likeness (QED) is 0.548. The van der Waals surface area contributed by atoms with E-state index in [9.17, 15) is 13.2 Å². The topological polar surface area (TPSA) is 78.8 Å². The largest absolute Gasteiger partial charge is 0.284 e. The second-order valence-corrected chi connectivity index (χ2v) is 9.81. The highest BCUT2D eigenvalue weighted by Crippen LogP contribution is 2.35. The Labute approximate surface area is 192 Å². The van der Waals surface area contributed by atoms with Crippen molar-refractivity contribution in [3.05, 3.63) is 101 Å². The zero-order valence-electron chi connectivity index (χ0n) is 17.4. The van der Waals surface area contributed by atoms with Crippen molar-refractivity contribution >= 4 is 38.9 Å². The normalized spacial score (nSPS) is 16.0. The fourth-order valence-electron chi connectivity index (χ4n) is 3.58. The molecular weight excluding hydrogens is 446 g/mol. The summed E-state index contributed by atoms with van der Waals surface area (Å²) in [5.41, 5.74) is 3.23. The van der Waals surface area contributed by atoms with Crippen molar-refractivity contribution in [3.8, 4) is 0 Å². The second kappa shape index (κ2) is 9.14. The van der Waals surface area contributed by atoms with E-state index in [0.717, 1.165) is 11.1 Å². The molecule has 0 spiro atoms. The van der Waals surface area contributed by atoms with Crippen LogP contribution in [0.25, 0.3) is 0 Å². The maximum atomic E-state index is 13.4. The summed E-state index contributed by atoms with van der Waals surface area (Å²) in [5.74, 6) is -0.309. The van der Waals surface area contributed by atoms with Crippen molar-refractivity contribution in [2.45, 2.75) is 19.4 Å². The Hall–Kier alpha value is -3.16. The van der Waals surface area contributed by atoms with Gasteiger partial charge in [-0.2, -0.15) is 5.10 Å². The number of benzene rings is 3. The lowest BCUT2D eigenvalue weighted by atomic mass is 9.98. The van der Waals surface area contributed by atoms with Gasteiger partial charge in [0, 0.05) is 12.1 Å². The van der Waals surface area contributed by atoms with Gasteiger partial charge in [-0.15, -0.1) is 0 Å². The molecule has 4 rings (SSSR count). The van der Waals surface area contributed by atoms with Crippen molar-refractivity contribution in [3.63, 3.8) is 0 Å². The molecule has 0 radical (unpaired) electrons. The highest BCUT2D eigenvalue weighted by Gasteiger charge is 2.34. The molecule has 1 N–H and O–H groups in total. The molecule has 32 heavy (non-hydrogen) atoms. The van der Waals surface area contributed by atoms with E-state index in [1.54, 1.807) is 49.4 Å². The van der Waals surface area contributed by atoms with Gasteiger partial charge in [-0.05, 0) is 42.3 Å². The average Bonchev–Trinajstić information content (AvgIpc) is 3.25. The van der Waals surface area contributed by atoms with Gasteiger partial charge >= 0.3 is 0 Å². The van der Waals surface area contributed by atoms with E-state index in [0.29, 0.717) is 28.4 Å². The van der Waals surface area contributed by atoms with Crippen molar-refractivity contribution in [1.82, 2.24) is 5.01 Å². The lowest BCUT2D eigenvalue weighted by molar-refractivity contribution is 0.0711. The molecule has 6 nitrogen and oxygen atoms in total. The monoisotopic (exact) mass is 467 g/mol. The molecule has 1 amide bonds. The predicted octanol–water partition coefficient (Wildman–Crippen LogP) is 5.09. The Morgan fingerprint density at radius 1 is 1.06 bits per heavy atom. The average molecular weight is 468 g/mol. The summed E-state index contributed by atoms with van der Waals surface area (Å²) in [6, 6.07) is 23.3. The Balaban J connectivity index is 1.72. The van der Waals surface area contributed by atoms with Gasteiger partial charge in [0.25, 0.3) is 5.91 Å². The molecule has 0 aliphatic carbocycles. The van der Waals surface area contributed by atoms with E-state index in [1.165, 1.54) is 5.01 Å². The third kappa shape index (κ3) is 4.69. The Morgan fingerprint density at radius 2 is 1.78 bits per heavy atom. The standard InChI is InChI=1S/C24H22ClN3O3S/c1-2-32(30,31)27-19-12-8-11-18(15-19)22-16-23(17-9-4-3-5-10-17)28(26-22)24(29)20-13-6-7-14-21(20)25/h3-15,23,27H,2,16H2,1H3. The van der Waals surface area contributed by atoms with E-state index < -0.39 is 10.0 Å². The number of hydrazone groups is 1. The number of carbonyl (C=O) groups excluding carboxylic acids is 1. The van der Waals surface area contributed by atoms with Crippen LogP contribution >= 0.6 is 11.6 Å². The third-order valence-electron chi connectivity index (χ3n) is 5.26. The van der Waals surface area contributed by atoms with E-state index in [2.05, 4.69) is 9.82 Å². The van der Waals surface area contributed by atoms with Gasteiger partial charge in [-0.25, -0.2) is 13.4 Å². The maximum Gasteiger partial charge on any atom is 0.276 e. The van der Waals surface area contributed by atoms with E-state index in [4.69, 9.17) is 11.6 Å². The third-order valence-corrected chi connectivity index (χ3v) is 6.89. The molecule has 164 valence electrons. The van der Waals surface area contributed by atoms with Crippen molar-refractivity contribution in [2.75, 3.05) is 10.5 Å². The van der Waals surface area contributed by atoms with Crippen molar-refractivity contribution < 1.29 is 13.2 Å². The van der Waals surface area contributed by atoms with Crippen LogP contribution in [0.2, 0.25) is 5.02 Å². The van der Waals surface area contributed by atoms with Crippen LogP contribution < -0.4 is 4.72 Å². The first-order chi connectivity index (χ1) is 15.4. The van der Waals surface area contributed by atoms with Gasteiger partial charge in [-0.1, -0.05) is 66.2 Å². The van der Waals surface area contributed by atoms with Gasteiger partial charge < -0.3 is 0 Å². The molecule has 8 heteroatoms. The fourth-order valence-corrected chi connectivity index (χ4v) is 4.43. The van der Waals surface area contributed by atoms with Crippen LogP contribution in [0.4, 0.5) is 5.69 Å². The minimum atomic E-state index is -3.40. The number of halogens is 1. The number of hydrogen-bond donors (Lipinski definition) is 1. The predicted molar refractivity (Wildman–Crippen MR) is 127 cm³/mol. The van der Waals surface area contributed by atoms with Crippen LogP contribution in [0.5, 0.6) is 0 Å². The van der Waals surface area contributed by atoms with Gasteiger partial charge in [0.05, 0.1) is 28.1 Å². The molecule has 1 atom stereocenters.